The Kier molecular flexibility index (Phi) is 4.07. The van der Waals surface area contributed by atoms with E-state index in [2.05, 4.69) is 10.5 Å². The van der Waals surface area contributed by atoms with Gasteiger partial charge in [-0.3, -0.25) is 5.43 Å². The minimum absolute atomic E-state index is 0.178. The highest BCUT2D eigenvalue weighted by Crippen LogP contribution is 2.25. The highest BCUT2D eigenvalue weighted by molar-refractivity contribution is 6.42. The zero-order chi connectivity index (χ0) is 13.0. The molecule has 2 aromatic carbocycles. The van der Waals surface area contributed by atoms with Crippen LogP contribution in [0.2, 0.25) is 10.0 Å². The van der Waals surface area contributed by atoms with Gasteiger partial charge in [0.25, 0.3) is 0 Å². The van der Waals surface area contributed by atoms with E-state index in [1.54, 1.807) is 36.4 Å². The van der Waals surface area contributed by atoms with Crippen LogP contribution in [0.3, 0.4) is 0 Å². The number of anilines is 1. The number of phenols is 1. The minimum atomic E-state index is 0.178. The second kappa shape index (κ2) is 5.76. The van der Waals surface area contributed by atoms with Crippen LogP contribution in [0.4, 0.5) is 5.69 Å². The van der Waals surface area contributed by atoms with Crippen molar-refractivity contribution in [2.75, 3.05) is 5.43 Å². The average molecular weight is 281 g/mol. The Balaban J connectivity index is 2.07. The minimum Gasteiger partial charge on any atom is -0.507 e. The molecule has 0 aliphatic carbocycles. The van der Waals surface area contributed by atoms with Gasteiger partial charge in [-0.2, -0.15) is 5.10 Å². The van der Waals surface area contributed by atoms with Crippen LogP contribution in [-0.2, 0) is 0 Å². The average Bonchev–Trinajstić information content (AvgIpc) is 2.36. The first-order valence-electron chi connectivity index (χ1n) is 5.19. The van der Waals surface area contributed by atoms with Crippen molar-refractivity contribution in [2.24, 2.45) is 5.10 Å². The van der Waals surface area contributed by atoms with Crippen LogP contribution in [0.15, 0.2) is 47.6 Å². The Morgan fingerprint density at radius 2 is 1.83 bits per heavy atom. The van der Waals surface area contributed by atoms with Crippen molar-refractivity contribution in [1.82, 2.24) is 0 Å². The summed E-state index contributed by atoms with van der Waals surface area (Å²) in [6.07, 6.45) is 1.53. The summed E-state index contributed by atoms with van der Waals surface area (Å²) in [6.45, 7) is 0. The lowest BCUT2D eigenvalue weighted by Gasteiger charge is -2.02. The SMILES string of the molecule is Oc1ccccc1C=NNc1ccc(Cl)c(Cl)c1. The van der Waals surface area contributed by atoms with Gasteiger partial charge in [-0.25, -0.2) is 0 Å². The van der Waals surface area contributed by atoms with Gasteiger partial charge in [0, 0.05) is 5.56 Å². The van der Waals surface area contributed by atoms with Crippen molar-refractivity contribution in [1.29, 1.82) is 0 Å². The zero-order valence-corrected chi connectivity index (χ0v) is 10.8. The van der Waals surface area contributed by atoms with Gasteiger partial charge >= 0.3 is 0 Å². The van der Waals surface area contributed by atoms with Crippen molar-refractivity contribution in [3.63, 3.8) is 0 Å². The van der Waals surface area contributed by atoms with E-state index in [0.717, 1.165) is 5.69 Å². The standard InChI is InChI=1S/C13H10Cl2N2O/c14-11-6-5-10(7-12(11)15)17-16-8-9-3-1-2-4-13(9)18/h1-8,17-18H. The Hall–Kier alpha value is -1.71. The maximum atomic E-state index is 9.53. The molecule has 0 radical (unpaired) electrons. The lowest BCUT2D eigenvalue weighted by atomic mass is 10.2. The Morgan fingerprint density at radius 1 is 1.06 bits per heavy atom. The summed E-state index contributed by atoms with van der Waals surface area (Å²) in [5.41, 5.74) is 4.15. The lowest BCUT2D eigenvalue weighted by molar-refractivity contribution is 0.474. The first kappa shape index (κ1) is 12.7. The van der Waals surface area contributed by atoms with Crippen LogP contribution in [-0.4, -0.2) is 11.3 Å². The van der Waals surface area contributed by atoms with Crippen LogP contribution in [0.1, 0.15) is 5.56 Å². The Bertz CT molecular complexity index is 585. The van der Waals surface area contributed by atoms with Crippen molar-refractivity contribution in [3.05, 3.63) is 58.1 Å². The first-order valence-corrected chi connectivity index (χ1v) is 5.94. The van der Waals surface area contributed by atoms with Crippen LogP contribution >= 0.6 is 23.2 Å². The fourth-order valence-electron chi connectivity index (χ4n) is 1.34. The molecule has 0 aromatic heterocycles. The number of benzene rings is 2. The third kappa shape index (κ3) is 3.15. The molecule has 0 bridgehead atoms. The molecule has 0 atom stereocenters. The highest BCUT2D eigenvalue weighted by atomic mass is 35.5. The normalized spacial score (nSPS) is 10.8. The molecule has 2 rings (SSSR count). The van der Waals surface area contributed by atoms with Gasteiger partial charge in [-0.15, -0.1) is 0 Å². The Morgan fingerprint density at radius 3 is 2.56 bits per heavy atom. The third-order valence-electron chi connectivity index (χ3n) is 2.25. The van der Waals surface area contributed by atoms with E-state index in [1.165, 1.54) is 6.21 Å². The first-order chi connectivity index (χ1) is 8.66. The zero-order valence-electron chi connectivity index (χ0n) is 9.27. The van der Waals surface area contributed by atoms with Crippen LogP contribution in [0.5, 0.6) is 5.75 Å². The summed E-state index contributed by atoms with van der Waals surface area (Å²) in [7, 11) is 0. The second-order valence-electron chi connectivity index (χ2n) is 3.56. The molecule has 0 aliphatic heterocycles. The van der Waals surface area contributed by atoms with E-state index in [0.29, 0.717) is 15.6 Å². The number of aromatic hydroxyl groups is 1. The topological polar surface area (TPSA) is 44.6 Å². The molecule has 2 N–H and O–H groups in total. The summed E-state index contributed by atoms with van der Waals surface area (Å²) >= 11 is 11.7. The van der Waals surface area contributed by atoms with E-state index in [4.69, 9.17) is 23.2 Å². The van der Waals surface area contributed by atoms with E-state index < -0.39 is 0 Å². The predicted molar refractivity (Wildman–Crippen MR) is 75.8 cm³/mol. The van der Waals surface area contributed by atoms with Gasteiger partial charge in [-0.1, -0.05) is 35.3 Å². The monoisotopic (exact) mass is 280 g/mol. The maximum absolute atomic E-state index is 9.53. The summed E-state index contributed by atoms with van der Waals surface area (Å²) in [5.74, 6) is 0.178. The fraction of sp³-hybridized carbons (Fsp3) is 0. The van der Waals surface area contributed by atoms with Crippen molar-refractivity contribution < 1.29 is 5.11 Å². The predicted octanol–water partition coefficient (Wildman–Crippen LogP) is 4.15. The molecule has 5 heteroatoms. The van der Waals surface area contributed by atoms with Crippen molar-refractivity contribution in [2.45, 2.75) is 0 Å². The summed E-state index contributed by atoms with van der Waals surface area (Å²) < 4.78 is 0. The highest BCUT2D eigenvalue weighted by Gasteiger charge is 1.98. The number of rotatable bonds is 3. The molecule has 18 heavy (non-hydrogen) atoms. The molecular formula is C13H10Cl2N2O. The van der Waals surface area contributed by atoms with Crippen molar-refractivity contribution >= 4 is 35.1 Å². The van der Waals surface area contributed by atoms with Crippen molar-refractivity contribution in [3.8, 4) is 5.75 Å². The molecule has 0 saturated heterocycles. The number of phenolic OH excluding ortho intramolecular Hbond substituents is 1. The summed E-state index contributed by atoms with van der Waals surface area (Å²) in [5, 5.41) is 14.5. The van der Waals surface area contributed by atoms with Gasteiger partial charge < -0.3 is 5.11 Å². The molecule has 3 nitrogen and oxygen atoms in total. The molecule has 0 amide bonds. The molecule has 2 aromatic rings. The van der Waals surface area contributed by atoms with E-state index in [-0.39, 0.29) is 5.75 Å². The number of nitrogens with one attached hydrogen (secondary N) is 1. The number of nitrogens with zero attached hydrogens (tertiary/aromatic N) is 1. The molecular weight excluding hydrogens is 271 g/mol. The van der Waals surface area contributed by atoms with E-state index in [9.17, 15) is 5.11 Å². The van der Waals surface area contributed by atoms with E-state index in [1.807, 2.05) is 6.07 Å². The molecule has 0 aliphatic rings. The number of para-hydroxylation sites is 1. The van der Waals surface area contributed by atoms with Gasteiger partial charge in [0.1, 0.15) is 5.75 Å². The van der Waals surface area contributed by atoms with Gasteiger partial charge in [-0.05, 0) is 30.3 Å². The maximum Gasteiger partial charge on any atom is 0.124 e. The summed E-state index contributed by atoms with van der Waals surface area (Å²) in [6, 6.07) is 12.0. The smallest absolute Gasteiger partial charge is 0.124 e. The van der Waals surface area contributed by atoms with E-state index >= 15 is 0 Å². The molecule has 0 spiro atoms. The Labute approximate surface area is 115 Å². The molecule has 0 heterocycles. The van der Waals surface area contributed by atoms with Gasteiger partial charge in [0.2, 0.25) is 0 Å². The van der Waals surface area contributed by atoms with Crippen LogP contribution in [0, 0.1) is 0 Å². The molecule has 0 fully saturated rings. The third-order valence-corrected chi connectivity index (χ3v) is 2.99. The number of halogens is 2. The number of hydrazone groups is 1. The molecule has 92 valence electrons. The lowest BCUT2D eigenvalue weighted by Crippen LogP contribution is -1.90. The largest absolute Gasteiger partial charge is 0.507 e. The number of hydrogen-bond donors (Lipinski definition) is 2. The van der Waals surface area contributed by atoms with Gasteiger partial charge in [0.15, 0.2) is 0 Å². The number of hydrogen-bond acceptors (Lipinski definition) is 3. The van der Waals surface area contributed by atoms with Crippen LogP contribution < -0.4 is 5.43 Å². The fourth-order valence-corrected chi connectivity index (χ4v) is 1.64. The molecule has 0 saturated carbocycles. The van der Waals surface area contributed by atoms with Gasteiger partial charge in [0.05, 0.1) is 21.9 Å². The molecule has 0 unspecified atom stereocenters. The van der Waals surface area contributed by atoms with Crippen LogP contribution in [0.25, 0.3) is 0 Å². The second-order valence-corrected chi connectivity index (χ2v) is 4.37. The quantitative estimate of drug-likeness (QED) is 0.655. The summed E-state index contributed by atoms with van der Waals surface area (Å²) in [4.78, 5) is 0.